The molecule has 0 atom stereocenters. The van der Waals surface area contributed by atoms with Crippen LogP contribution in [-0.4, -0.2) is 5.91 Å². The zero-order valence-electron chi connectivity index (χ0n) is 11.3. The molecule has 0 radical (unpaired) electrons. The maximum atomic E-state index is 12.5. The Morgan fingerprint density at radius 1 is 1.00 bits per heavy atom. The third-order valence-corrected chi connectivity index (χ3v) is 3.55. The Balaban J connectivity index is 2.37. The van der Waals surface area contributed by atoms with Gasteiger partial charge in [-0.1, -0.05) is 48.7 Å². The Hall–Kier alpha value is -1.74. The van der Waals surface area contributed by atoms with Crippen LogP contribution in [0.25, 0.3) is 0 Å². The lowest BCUT2D eigenvalue weighted by Crippen LogP contribution is -2.22. The molecule has 3 heteroatoms. The summed E-state index contributed by atoms with van der Waals surface area (Å²) in [5, 5.41) is 0. The largest absolute Gasteiger partial charge is 0.268 e. The fourth-order valence-electron chi connectivity index (χ4n) is 2.08. The summed E-state index contributed by atoms with van der Waals surface area (Å²) in [7, 11) is 0. The van der Waals surface area contributed by atoms with Crippen LogP contribution in [0.2, 0.25) is 0 Å². The van der Waals surface area contributed by atoms with Crippen molar-refractivity contribution in [3.63, 3.8) is 0 Å². The number of amides is 1. The second-order valence-electron chi connectivity index (χ2n) is 4.72. The van der Waals surface area contributed by atoms with Gasteiger partial charge >= 0.3 is 0 Å². The van der Waals surface area contributed by atoms with E-state index in [4.69, 9.17) is 0 Å². The van der Waals surface area contributed by atoms with Gasteiger partial charge in [-0.2, -0.15) is 0 Å². The van der Waals surface area contributed by atoms with Crippen molar-refractivity contribution >= 4 is 24.4 Å². The molecular formula is C16H17NOS. The van der Waals surface area contributed by atoms with Crippen LogP contribution in [0.4, 0.5) is 5.69 Å². The van der Waals surface area contributed by atoms with Gasteiger partial charge in [-0.3, -0.25) is 9.10 Å². The number of benzene rings is 2. The van der Waals surface area contributed by atoms with E-state index in [2.05, 4.69) is 12.8 Å². The van der Waals surface area contributed by atoms with Crippen molar-refractivity contribution in [3.05, 3.63) is 64.7 Å². The lowest BCUT2D eigenvalue weighted by molar-refractivity contribution is 0.101. The summed E-state index contributed by atoms with van der Waals surface area (Å²) in [4.78, 5) is 12.5. The lowest BCUT2D eigenvalue weighted by atomic mass is 10.0. The number of rotatable bonds is 2. The van der Waals surface area contributed by atoms with Crippen molar-refractivity contribution in [2.24, 2.45) is 0 Å². The summed E-state index contributed by atoms with van der Waals surface area (Å²) >= 11 is 4.35. The predicted molar refractivity (Wildman–Crippen MR) is 82.9 cm³/mol. The standard InChI is InChI=1S/C16H17NOS/c1-11-8-9-14(13(3)10-11)16(18)17(19)15-7-5-4-6-12(15)2/h4-10,19H,1-3H3. The van der Waals surface area contributed by atoms with E-state index in [-0.39, 0.29) is 5.91 Å². The van der Waals surface area contributed by atoms with E-state index >= 15 is 0 Å². The first-order valence-corrected chi connectivity index (χ1v) is 6.57. The quantitative estimate of drug-likeness (QED) is 0.815. The first kappa shape index (κ1) is 13.7. The minimum absolute atomic E-state index is 0.102. The Kier molecular flexibility index (Phi) is 3.96. The molecule has 2 rings (SSSR count). The van der Waals surface area contributed by atoms with Crippen molar-refractivity contribution in [1.82, 2.24) is 0 Å². The number of nitrogens with zero attached hydrogens (tertiary/aromatic N) is 1. The lowest BCUT2D eigenvalue weighted by Gasteiger charge is -2.19. The van der Waals surface area contributed by atoms with Gasteiger partial charge < -0.3 is 0 Å². The van der Waals surface area contributed by atoms with Gasteiger partial charge in [-0.15, -0.1) is 0 Å². The first-order chi connectivity index (χ1) is 9.00. The number of anilines is 1. The zero-order chi connectivity index (χ0) is 14.0. The fourth-order valence-corrected chi connectivity index (χ4v) is 2.41. The molecule has 2 nitrogen and oxygen atoms in total. The Morgan fingerprint density at radius 2 is 1.68 bits per heavy atom. The molecule has 0 fully saturated rings. The van der Waals surface area contributed by atoms with Gasteiger partial charge in [-0.05, 0) is 44.0 Å². The topological polar surface area (TPSA) is 20.3 Å². The highest BCUT2D eigenvalue weighted by molar-refractivity contribution is 7.82. The average Bonchev–Trinajstić information content (AvgIpc) is 2.38. The van der Waals surface area contributed by atoms with Crippen LogP contribution in [0.1, 0.15) is 27.0 Å². The smallest absolute Gasteiger partial charge is 0.268 e. The third-order valence-electron chi connectivity index (χ3n) is 3.15. The van der Waals surface area contributed by atoms with E-state index in [0.29, 0.717) is 5.56 Å². The molecule has 0 unspecified atom stereocenters. The monoisotopic (exact) mass is 271 g/mol. The number of aryl methyl sites for hydroxylation is 3. The third kappa shape index (κ3) is 2.82. The second-order valence-corrected chi connectivity index (χ2v) is 5.12. The van der Waals surface area contributed by atoms with Crippen LogP contribution in [0.5, 0.6) is 0 Å². The zero-order valence-corrected chi connectivity index (χ0v) is 12.2. The Morgan fingerprint density at radius 3 is 2.32 bits per heavy atom. The Labute approximate surface area is 119 Å². The molecule has 1 amide bonds. The van der Waals surface area contributed by atoms with Crippen molar-refractivity contribution in [3.8, 4) is 0 Å². The molecule has 0 aliphatic heterocycles. The molecule has 0 aliphatic rings. The molecule has 0 spiro atoms. The highest BCUT2D eigenvalue weighted by atomic mass is 32.1. The summed E-state index contributed by atoms with van der Waals surface area (Å²) < 4.78 is 1.41. The van der Waals surface area contributed by atoms with E-state index in [1.807, 2.05) is 63.2 Å². The van der Waals surface area contributed by atoms with Crippen LogP contribution < -0.4 is 4.31 Å². The molecule has 0 aromatic heterocycles. The molecule has 0 aliphatic carbocycles. The molecule has 0 bridgehead atoms. The highest BCUT2D eigenvalue weighted by Gasteiger charge is 2.17. The minimum atomic E-state index is -0.102. The summed E-state index contributed by atoms with van der Waals surface area (Å²) in [6.45, 7) is 5.93. The summed E-state index contributed by atoms with van der Waals surface area (Å²) in [5.41, 5.74) is 4.64. The summed E-state index contributed by atoms with van der Waals surface area (Å²) in [6.07, 6.45) is 0. The van der Waals surface area contributed by atoms with Gasteiger partial charge in [0.05, 0.1) is 5.69 Å². The number of para-hydroxylation sites is 1. The normalized spacial score (nSPS) is 10.3. The number of carbonyl (C=O) groups is 1. The molecule has 0 N–H and O–H groups in total. The van der Waals surface area contributed by atoms with Gasteiger partial charge in [-0.25, -0.2) is 0 Å². The van der Waals surface area contributed by atoms with Gasteiger partial charge in [0, 0.05) is 5.56 Å². The molecule has 0 heterocycles. The highest BCUT2D eigenvalue weighted by Crippen LogP contribution is 2.24. The average molecular weight is 271 g/mol. The number of hydrogen-bond donors (Lipinski definition) is 1. The molecular weight excluding hydrogens is 254 g/mol. The first-order valence-electron chi connectivity index (χ1n) is 6.17. The van der Waals surface area contributed by atoms with Crippen molar-refractivity contribution < 1.29 is 4.79 Å². The maximum absolute atomic E-state index is 12.5. The van der Waals surface area contributed by atoms with Crippen LogP contribution >= 0.6 is 12.8 Å². The fraction of sp³-hybridized carbons (Fsp3) is 0.188. The van der Waals surface area contributed by atoms with Crippen molar-refractivity contribution in [2.75, 3.05) is 4.31 Å². The Bertz CT molecular complexity index is 622. The minimum Gasteiger partial charge on any atom is -0.268 e. The van der Waals surface area contributed by atoms with E-state index in [9.17, 15) is 4.79 Å². The van der Waals surface area contributed by atoms with Gasteiger partial charge in [0.15, 0.2) is 0 Å². The second kappa shape index (κ2) is 5.49. The van der Waals surface area contributed by atoms with Gasteiger partial charge in [0.2, 0.25) is 0 Å². The van der Waals surface area contributed by atoms with Gasteiger partial charge in [0.1, 0.15) is 0 Å². The van der Waals surface area contributed by atoms with Crippen LogP contribution in [0.3, 0.4) is 0 Å². The van der Waals surface area contributed by atoms with E-state index < -0.39 is 0 Å². The van der Waals surface area contributed by atoms with E-state index in [0.717, 1.165) is 22.4 Å². The summed E-state index contributed by atoms with van der Waals surface area (Å²) in [6, 6.07) is 13.5. The van der Waals surface area contributed by atoms with Crippen LogP contribution in [0.15, 0.2) is 42.5 Å². The maximum Gasteiger partial charge on any atom is 0.268 e. The molecule has 2 aromatic carbocycles. The SMILES string of the molecule is Cc1ccc(C(=O)N(S)c2ccccc2C)c(C)c1. The van der Waals surface area contributed by atoms with Gasteiger partial charge in [0.25, 0.3) is 5.91 Å². The molecule has 0 saturated heterocycles. The van der Waals surface area contributed by atoms with Crippen LogP contribution in [-0.2, 0) is 0 Å². The number of carbonyl (C=O) groups excluding carboxylic acids is 1. The van der Waals surface area contributed by atoms with Crippen molar-refractivity contribution in [1.29, 1.82) is 0 Å². The molecule has 0 saturated carbocycles. The summed E-state index contributed by atoms with van der Waals surface area (Å²) in [5.74, 6) is -0.102. The number of thiol groups is 1. The van der Waals surface area contributed by atoms with Crippen molar-refractivity contribution in [2.45, 2.75) is 20.8 Å². The van der Waals surface area contributed by atoms with E-state index in [1.54, 1.807) is 0 Å². The molecule has 98 valence electrons. The molecule has 19 heavy (non-hydrogen) atoms. The number of hydrogen-bond acceptors (Lipinski definition) is 2. The van der Waals surface area contributed by atoms with E-state index in [1.165, 1.54) is 4.31 Å². The predicted octanol–water partition coefficient (Wildman–Crippen LogP) is 4.10. The van der Waals surface area contributed by atoms with Crippen LogP contribution in [0, 0.1) is 20.8 Å². The molecule has 2 aromatic rings.